The van der Waals surface area contributed by atoms with Crippen molar-refractivity contribution in [3.8, 4) is 5.75 Å². The minimum Gasteiger partial charge on any atom is -0.494 e. The molecular weight excluding hydrogens is 323 g/mol. The third kappa shape index (κ3) is 4.56. The summed E-state index contributed by atoms with van der Waals surface area (Å²) in [5.41, 5.74) is 1.11. The number of benzene rings is 1. The van der Waals surface area contributed by atoms with Crippen molar-refractivity contribution in [3.63, 3.8) is 0 Å². The molecule has 1 aromatic carbocycles. The Balaban J connectivity index is 1.45. The Kier molecular flexibility index (Phi) is 6.65. The summed E-state index contributed by atoms with van der Waals surface area (Å²) in [5, 5.41) is 0. The summed E-state index contributed by atoms with van der Waals surface area (Å²) in [6.07, 6.45) is 6.97. The van der Waals surface area contributed by atoms with Gasteiger partial charge in [-0.1, -0.05) is 26.2 Å². The molecule has 2 aliphatic rings. The van der Waals surface area contributed by atoms with Crippen molar-refractivity contribution >= 4 is 14.1 Å². The molecule has 0 spiro atoms. The maximum Gasteiger partial charge on any atom is 0.181 e. The van der Waals surface area contributed by atoms with Crippen LogP contribution in [0.2, 0.25) is 0 Å². The zero-order valence-corrected chi connectivity index (χ0v) is 15.2. The predicted molar refractivity (Wildman–Crippen MR) is 96.3 cm³/mol. The van der Waals surface area contributed by atoms with Crippen LogP contribution in [0.5, 0.6) is 5.75 Å². The maximum atomic E-state index is 12.5. The van der Waals surface area contributed by atoms with E-state index >= 15 is 0 Å². The van der Waals surface area contributed by atoms with E-state index in [4.69, 9.17) is 14.2 Å². The van der Waals surface area contributed by atoms with Crippen LogP contribution in [0.1, 0.15) is 43.0 Å². The Morgan fingerprint density at radius 2 is 2.04 bits per heavy atom. The SMILES string of the molecule is CCCCCCOc1ccc(C(=O)P[C@@H]2CO[C@@H]3[CH]CO[C@@H]32)cc1. The highest BCUT2D eigenvalue weighted by atomic mass is 31.1. The molecule has 0 saturated carbocycles. The number of rotatable bonds is 9. The fourth-order valence-electron chi connectivity index (χ4n) is 3.10. The van der Waals surface area contributed by atoms with Crippen LogP contribution in [-0.2, 0) is 9.47 Å². The van der Waals surface area contributed by atoms with Gasteiger partial charge in [-0.25, -0.2) is 0 Å². The second-order valence-corrected chi connectivity index (χ2v) is 7.83. The first-order chi connectivity index (χ1) is 11.8. The van der Waals surface area contributed by atoms with E-state index < -0.39 is 0 Å². The van der Waals surface area contributed by atoms with Crippen molar-refractivity contribution in [2.45, 2.75) is 50.5 Å². The van der Waals surface area contributed by atoms with Crippen LogP contribution < -0.4 is 4.74 Å². The Hall–Kier alpha value is -0.960. The zero-order chi connectivity index (χ0) is 16.8. The van der Waals surface area contributed by atoms with Crippen LogP contribution in [-0.4, -0.2) is 43.2 Å². The highest BCUT2D eigenvalue weighted by Gasteiger charge is 2.42. The van der Waals surface area contributed by atoms with Crippen LogP contribution in [0.4, 0.5) is 0 Å². The number of fused-ring (bicyclic) bond motifs is 1. The van der Waals surface area contributed by atoms with Gasteiger partial charge in [0.15, 0.2) is 5.52 Å². The molecule has 2 fully saturated rings. The molecule has 1 radical (unpaired) electrons. The number of ether oxygens (including phenoxy) is 3. The minimum atomic E-state index is 0.0676. The van der Waals surface area contributed by atoms with Gasteiger partial charge in [-0.2, -0.15) is 0 Å². The summed E-state index contributed by atoms with van der Waals surface area (Å²) in [6, 6.07) is 7.52. The molecular formula is C19H26O4P. The predicted octanol–water partition coefficient (Wildman–Crippen LogP) is 3.83. The molecule has 2 heterocycles. The van der Waals surface area contributed by atoms with Gasteiger partial charge in [0, 0.05) is 17.6 Å². The van der Waals surface area contributed by atoms with Gasteiger partial charge >= 0.3 is 0 Å². The van der Waals surface area contributed by atoms with Gasteiger partial charge in [-0.15, -0.1) is 0 Å². The maximum absolute atomic E-state index is 12.5. The Morgan fingerprint density at radius 1 is 1.21 bits per heavy atom. The lowest BCUT2D eigenvalue weighted by Gasteiger charge is -2.15. The van der Waals surface area contributed by atoms with Crippen molar-refractivity contribution in [1.29, 1.82) is 0 Å². The molecule has 0 aliphatic carbocycles. The summed E-state index contributed by atoms with van der Waals surface area (Å²) in [7, 11) is 0.198. The molecule has 131 valence electrons. The Bertz CT molecular complexity index is 531. The number of unbranched alkanes of at least 4 members (excludes halogenated alkanes) is 3. The second kappa shape index (κ2) is 8.94. The summed E-state index contributed by atoms with van der Waals surface area (Å²) in [6.45, 7) is 4.20. The van der Waals surface area contributed by atoms with Crippen molar-refractivity contribution in [2.75, 3.05) is 19.8 Å². The first kappa shape index (κ1) is 17.8. The van der Waals surface area contributed by atoms with Gasteiger partial charge in [0.2, 0.25) is 0 Å². The standard InChI is InChI=1S/C19H26O4P/c1-2-3-4-5-11-21-15-8-6-14(7-9-15)19(20)24-17-13-23-16-10-12-22-18(16)17/h6-10,16-18,24H,2-5,11-13H2,1H3/t16-,17-,18+/m1/s1. The quantitative estimate of drug-likeness (QED) is 0.502. The molecule has 1 aromatic rings. The smallest absolute Gasteiger partial charge is 0.181 e. The molecule has 0 aromatic heterocycles. The van der Waals surface area contributed by atoms with E-state index in [0.29, 0.717) is 13.2 Å². The minimum absolute atomic E-state index is 0.0676. The molecule has 2 aliphatic heterocycles. The molecule has 4 atom stereocenters. The van der Waals surface area contributed by atoms with E-state index in [1.165, 1.54) is 19.3 Å². The normalized spacial score (nSPS) is 26.1. The van der Waals surface area contributed by atoms with Gasteiger partial charge in [-0.05, 0) is 39.3 Å². The van der Waals surface area contributed by atoms with Crippen LogP contribution in [0.25, 0.3) is 0 Å². The third-order valence-electron chi connectivity index (χ3n) is 4.51. The summed E-state index contributed by atoms with van der Waals surface area (Å²) in [5.74, 6) is 0.837. The fraction of sp³-hybridized carbons (Fsp3) is 0.579. The molecule has 24 heavy (non-hydrogen) atoms. The highest BCUT2D eigenvalue weighted by molar-refractivity contribution is 7.59. The second-order valence-electron chi connectivity index (χ2n) is 6.35. The zero-order valence-electron chi connectivity index (χ0n) is 14.2. The summed E-state index contributed by atoms with van der Waals surface area (Å²) in [4.78, 5) is 12.5. The number of hydrogen-bond donors (Lipinski definition) is 0. The molecule has 0 amide bonds. The molecule has 5 heteroatoms. The van der Waals surface area contributed by atoms with Gasteiger partial charge in [0.05, 0.1) is 32.0 Å². The lowest BCUT2D eigenvalue weighted by molar-refractivity contribution is 0.0770. The lowest BCUT2D eigenvalue weighted by atomic mass is 10.2. The van der Waals surface area contributed by atoms with Crippen LogP contribution >= 0.6 is 8.58 Å². The molecule has 1 unspecified atom stereocenters. The summed E-state index contributed by atoms with van der Waals surface area (Å²) >= 11 is 0. The van der Waals surface area contributed by atoms with Crippen molar-refractivity contribution in [3.05, 3.63) is 36.2 Å². The van der Waals surface area contributed by atoms with E-state index in [-0.39, 0.29) is 32.0 Å². The van der Waals surface area contributed by atoms with E-state index in [2.05, 4.69) is 6.92 Å². The molecule has 4 nitrogen and oxygen atoms in total. The number of carbonyl (C=O) groups is 1. The average Bonchev–Trinajstić information content (AvgIpc) is 3.20. The fourth-order valence-corrected chi connectivity index (χ4v) is 4.40. The molecule has 0 bridgehead atoms. The molecule has 0 N–H and O–H groups in total. The molecule has 2 saturated heterocycles. The first-order valence-electron chi connectivity index (χ1n) is 8.88. The van der Waals surface area contributed by atoms with Crippen molar-refractivity contribution < 1.29 is 19.0 Å². The molecule has 3 rings (SSSR count). The third-order valence-corrected chi connectivity index (χ3v) is 5.92. The Labute approximate surface area is 146 Å². The Morgan fingerprint density at radius 3 is 2.83 bits per heavy atom. The van der Waals surface area contributed by atoms with E-state index in [9.17, 15) is 4.79 Å². The van der Waals surface area contributed by atoms with E-state index in [0.717, 1.165) is 24.3 Å². The number of hydrogen-bond acceptors (Lipinski definition) is 4. The van der Waals surface area contributed by atoms with Gasteiger partial charge in [0.25, 0.3) is 0 Å². The van der Waals surface area contributed by atoms with E-state index in [1.54, 1.807) is 0 Å². The van der Waals surface area contributed by atoms with Crippen molar-refractivity contribution in [1.82, 2.24) is 0 Å². The largest absolute Gasteiger partial charge is 0.494 e. The van der Waals surface area contributed by atoms with Crippen LogP contribution in [0.3, 0.4) is 0 Å². The average molecular weight is 349 g/mol. The van der Waals surface area contributed by atoms with E-state index in [1.807, 2.05) is 30.7 Å². The first-order valence-corrected chi connectivity index (χ1v) is 9.96. The summed E-state index contributed by atoms with van der Waals surface area (Å²) < 4.78 is 17.1. The van der Waals surface area contributed by atoms with Gasteiger partial charge < -0.3 is 14.2 Å². The van der Waals surface area contributed by atoms with Crippen LogP contribution in [0, 0.1) is 6.42 Å². The van der Waals surface area contributed by atoms with Gasteiger partial charge in [0.1, 0.15) is 5.75 Å². The lowest BCUT2D eigenvalue weighted by Crippen LogP contribution is -2.24. The van der Waals surface area contributed by atoms with Crippen LogP contribution in [0.15, 0.2) is 24.3 Å². The highest BCUT2D eigenvalue weighted by Crippen LogP contribution is 2.38. The van der Waals surface area contributed by atoms with Crippen molar-refractivity contribution in [2.24, 2.45) is 0 Å². The topological polar surface area (TPSA) is 44.8 Å². The number of carbonyl (C=O) groups excluding carboxylic acids is 1. The monoisotopic (exact) mass is 349 g/mol. The van der Waals surface area contributed by atoms with Gasteiger partial charge in [-0.3, -0.25) is 4.79 Å².